The first-order valence-corrected chi connectivity index (χ1v) is 29.4. The molecular weight excluding hydrogens is 993 g/mol. The van der Waals surface area contributed by atoms with Gasteiger partial charge in [-0.3, -0.25) is 0 Å². The first-order chi connectivity index (χ1) is 39.2. The van der Waals surface area contributed by atoms with Crippen LogP contribution in [0.5, 0.6) is 0 Å². The molecule has 0 fully saturated rings. The molecule has 12 aromatic rings. The van der Waals surface area contributed by atoms with E-state index in [1.54, 1.807) is 0 Å². The lowest BCUT2D eigenvalue weighted by atomic mass is 9.69. The molecule has 2 aliphatic carbocycles. The number of nitrogens with zero attached hydrogens (tertiary/aromatic N) is 2. The zero-order valence-electron chi connectivity index (χ0n) is 49.6. The minimum atomic E-state index is -0.730. The third kappa shape index (κ3) is 7.83. The van der Waals surface area contributed by atoms with Gasteiger partial charge in [-0.15, -0.1) is 0 Å². The van der Waals surface area contributed by atoms with Crippen molar-refractivity contribution < 1.29 is 4.42 Å². The molecule has 0 aliphatic heterocycles. The second kappa shape index (κ2) is 18.2. The highest BCUT2D eigenvalue weighted by Crippen LogP contribution is 2.68. The van der Waals surface area contributed by atoms with E-state index in [9.17, 15) is 0 Å². The summed E-state index contributed by atoms with van der Waals surface area (Å²) in [6.07, 6.45) is 0. The van der Waals surface area contributed by atoms with Gasteiger partial charge in [0.05, 0.1) is 11.1 Å². The molecular formula is C79H72N2O. The normalized spacial score (nSPS) is 13.7. The SMILES string of the molecule is CC(C)(C)c1ccc(N(c2ccc(C(C)(C)C)cc2)c2ccc3c4c(c5c6ccccc6oc5c3c2)-c2c(cc(N(c3ccc(C(C)(C)C)cc3)c3ccc(C(C)(C)C)cc3)c3ccccc23)C42c3ccccc3-c3ccccc32)cc1. The Morgan fingerprint density at radius 2 is 0.720 bits per heavy atom. The minimum absolute atomic E-state index is 0.000780. The van der Waals surface area contributed by atoms with E-state index in [0.29, 0.717) is 0 Å². The molecule has 404 valence electrons. The Kier molecular flexibility index (Phi) is 11.4. The number of fused-ring (bicyclic) bond motifs is 19. The number of anilines is 6. The summed E-state index contributed by atoms with van der Waals surface area (Å²) >= 11 is 0. The van der Waals surface area contributed by atoms with E-state index in [1.165, 1.54) is 82.9 Å². The van der Waals surface area contributed by atoms with Crippen LogP contribution in [-0.2, 0) is 27.1 Å². The standard InChI is InChI=1S/C79H72N2O/c1-75(2,3)49-29-37-53(38-30-49)80(54-39-31-50(32-40-54)76(4,5)6)57-45-46-62-64(47-57)74-71(63-25-17-20-28-69(63)82-74)72-70-61-24-14-13-23-60(61)68(48-67(70)79(73(62)72)65-26-18-15-21-58(65)59-22-16-19-27-66(59)79)81(55-41-33-51(34-42-55)77(7,8)9)56-43-35-52(36-44-56)78(10,11)12/h13-48H,1-12H3. The molecule has 0 atom stereocenters. The Hall–Kier alpha value is -8.66. The molecule has 82 heavy (non-hydrogen) atoms. The van der Waals surface area contributed by atoms with Gasteiger partial charge in [0.15, 0.2) is 0 Å². The number of para-hydroxylation sites is 1. The predicted molar refractivity (Wildman–Crippen MR) is 349 cm³/mol. The number of hydrogen-bond donors (Lipinski definition) is 0. The minimum Gasteiger partial charge on any atom is -0.455 e. The molecule has 0 bridgehead atoms. The fourth-order valence-electron chi connectivity index (χ4n) is 13.8. The fraction of sp³-hybridized carbons (Fsp3) is 0.215. The van der Waals surface area contributed by atoms with E-state index >= 15 is 0 Å². The van der Waals surface area contributed by atoms with Crippen LogP contribution in [0.2, 0.25) is 0 Å². The predicted octanol–water partition coefficient (Wildman–Crippen LogP) is 22.4. The molecule has 1 aromatic heterocycles. The molecule has 0 saturated carbocycles. The third-order valence-corrected chi connectivity index (χ3v) is 18.1. The molecule has 3 nitrogen and oxygen atoms in total. The molecule has 1 heterocycles. The maximum Gasteiger partial charge on any atom is 0.143 e. The Balaban J connectivity index is 1.12. The average molecular weight is 1070 g/mol. The summed E-state index contributed by atoms with van der Waals surface area (Å²) in [6.45, 7) is 27.5. The molecule has 0 amide bonds. The number of hydrogen-bond acceptors (Lipinski definition) is 3. The molecule has 0 unspecified atom stereocenters. The van der Waals surface area contributed by atoms with Crippen molar-refractivity contribution in [1.29, 1.82) is 0 Å². The van der Waals surface area contributed by atoms with Crippen LogP contribution >= 0.6 is 0 Å². The maximum atomic E-state index is 7.38. The van der Waals surface area contributed by atoms with Gasteiger partial charge in [-0.2, -0.15) is 0 Å². The third-order valence-electron chi connectivity index (χ3n) is 18.1. The second-order valence-corrected chi connectivity index (χ2v) is 27.3. The lowest BCUT2D eigenvalue weighted by molar-refractivity contribution is 0.590. The van der Waals surface area contributed by atoms with Gasteiger partial charge >= 0.3 is 0 Å². The highest BCUT2D eigenvalue weighted by Gasteiger charge is 2.54. The molecule has 0 saturated heterocycles. The van der Waals surface area contributed by atoms with Crippen LogP contribution in [0, 0.1) is 0 Å². The van der Waals surface area contributed by atoms with E-state index in [0.717, 1.165) is 61.4 Å². The number of furan rings is 1. The summed E-state index contributed by atoms with van der Waals surface area (Å²) < 4.78 is 7.38. The molecule has 1 spiro atoms. The summed E-state index contributed by atoms with van der Waals surface area (Å²) in [6, 6.07) is 83.2. The second-order valence-electron chi connectivity index (χ2n) is 27.3. The summed E-state index contributed by atoms with van der Waals surface area (Å²) in [5.41, 5.74) is 23.1. The summed E-state index contributed by atoms with van der Waals surface area (Å²) in [5.74, 6) is 0. The van der Waals surface area contributed by atoms with E-state index in [2.05, 4.69) is 311 Å². The van der Waals surface area contributed by atoms with E-state index in [4.69, 9.17) is 4.42 Å². The first kappa shape index (κ1) is 51.5. The monoisotopic (exact) mass is 1060 g/mol. The molecule has 0 radical (unpaired) electrons. The Bertz CT molecular complexity index is 4350. The summed E-state index contributed by atoms with van der Waals surface area (Å²) in [7, 11) is 0. The zero-order chi connectivity index (χ0) is 56.8. The number of benzene rings is 11. The van der Waals surface area contributed by atoms with Crippen LogP contribution in [0.1, 0.15) is 128 Å². The van der Waals surface area contributed by atoms with E-state index in [-0.39, 0.29) is 21.7 Å². The smallest absolute Gasteiger partial charge is 0.143 e. The molecule has 3 heteroatoms. The zero-order valence-corrected chi connectivity index (χ0v) is 49.6. The van der Waals surface area contributed by atoms with Crippen LogP contribution in [0.3, 0.4) is 0 Å². The van der Waals surface area contributed by atoms with Crippen LogP contribution in [0.4, 0.5) is 34.1 Å². The van der Waals surface area contributed by atoms with Gasteiger partial charge in [0, 0.05) is 50.0 Å². The number of rotatable bonds is 6. The molecule has 0 N–H and O–H groups in total. The Labute approximate surface area is 484 Å². The lowest BCUT2D eigenvalue weighted by Crippen LogP contribution is -2.26. The topological polar surface area (TPSA) is 19.6 Å². The Morgan fingerprint density at radius 3 is 1.20 bits per heavy atom. The van der Waals surface area contributed by atoms with Crippen molar-refractivity contribution in [3.8, 4) is 22.3 Å². The van der Waals surface area contributed by atoms with Crippen molar-refractivity contribution in [2.45, 2.75) is 110 Å². The highest BCUT2D eigenvalue weighted by atomic mass is 16.3. The van der Waals surface area contributed by atoms with Crippen molar-refractivity contribution >= 4 is 77.6 Å². The first-order valence-electron chi connectivity index (χ1n) is 29.4. The molecule has 11 aromatic carbocycles. The van der Waals surface area contributed by atoms with Crippen molar-refractivity contribution in [3.05, 3.63) is 263 Å². The van der Waals surface area contributed by atoms with Crippen molar-refractivity contribution in [1.82, 2.24) is 0 Å². The Morgan fingerprint density at radius 1 is 0.317 bits per heavy atom. The van der Waals surface area contributed by atoms with E-state index in [1.807, 2.05) is 0 Å². The largest absolute Gasteiger partial charge is 0.455 e. The maximum absolute atomic E-state index is 7.38. The highest BCUT2D eigenvalue weighted by molar-refractivity contribution is 6.28. The van der Waals surface area contributed by atoms with Crippen LogP contribution in [-0.4, -0.2) is 0 Å². The summed E-state index contributed by atoms with van der Waals surface area (Å²) in [5, 5.41) is 6.93. The molecule has 14 rings (SSSR count). The van der Waals surface area contributed by atoms with Crippen LogP contribution < -0.4 is 9.80 Å². The van der Waals surface area contributed by atoms with Crippen LogP contribution in [0.25, 0.3) is 65.7 Å². The quantitative estimate of drug-likeness (QED) is 0.165. The van der Waals surface area contributed by atoms with Crippen molar-refractivity contribution in [3.63, 3.8) is 0 Å². The molecule has 2 aliphatic rings. The van der Waals surface area contributed by atoms with Gasteiger partial charge in [0.1, 0.15) is 11.2 Å². The van der Waals surface area contributed by atoms with Crippen molar-refractivity contribution in [2.75, 3.05) is 9.80 Å². The summed E-state index contributed by atoms with van der Waals surface area (Å²) in [4.78, 5) is 4.95. The fourth-order valence-corrected chi connectivity index (χ4v) is 13.8. The van der Waals surface area contributed by atoms with Gasteiger partial charge in [0.2, 0.25) is 0 Å². The van der Waals surface area contributed by atoms with Gasteiger partial charge < -0.3 is 14.2 Å². The van der Waals surface area contributed by atoms with Gasteiger partial charge in [0.25, 0.3) is 0 Å². The van der Waals surface area contributed by atoms with Crippen LogP contribution in [0.15, 0.2) is 223 Å². The lowest BCUT2D eigenvalue weighted by Gasteiger charge is -2.34. The van der Waals surface area contributed by atoms with Crippen molar-refractivity contribution in [2.24, 2.45) is 0 Å². The van der Waals surface area contributed by atoms with Gasteiger partial charge in [-0.05, 0) is 172 Å². The van der Waals surface area contributed by atoms with Gasteiger partial charge in [-0.1, -0.05) is 229 Å². The van der Waals surface area contributed by atoms with E-state index < -0.39 is 5.41 Å². The van der Waals surface area contributed by atoms with Gasteiger partial charge in [-0.25, -0.2) is 0 Å². The average Bonchev–Trinajstić information content (AvgIpc) is 1.91.